The summed E-state index contributed by atoms with van der Waals surface area (Å²) in [4.78, 5) is 61.3. The number of piperidine rings is 2. The number of amides is 1. The van der Waals surface area contributed by atoms with E-state index in [1.54, 1.807) is 20.0 Å². The van der Waals surface area contributed by atoms with Gasteiger partial charge in [0, 0.05) is 61.8 Å². The van der Waals surface area contributed by atoms with E-state index in [0.717, 1.165) is 75.6 Å². The van der Waals surface area contributed by atoms with Crippen molar-refractivity contribution < 1.29 is 24.3 Å². The van der Waals surface area contributed by atoms with Gasteiger partial charge in [-0.3, -0.25) is 38.9 Å². The molecule has 380 valence electrons. The van der Waals surface area contributed by atoms with Crippen LogP contribution in [0.4, 0.5) is 0 Å². The standard InChI is InChI=1S/C31H35N3O2.C16H18N2.C15H19NO3/c1-23(35)31(26-10-3-2-4-11-26)15-18-34(19-16-31)22-30(36)33-29-14-13-25-9-5-6-12-27(25)28(29)20-24-8-7-17-32-21-24;17-16-8-7-13-5-1-2-6-14(13)15(16)10-12-4-3-9-18-11-12;1-12(17)15(13-5-3-2-4-6-13)7-9-16(10-8-15)11-14(18)19/h2-12,17,21,28-29H,13-16,18-20,22H2,1H3,(H,33,36);1-6,9,11,15-16H,7-8,10,17H2;2-6H,7-11H2,1H3,(H,18,19). The second-order valence-electron chi connectivity index (χ2n) is 20.6. The van der Waals surface area contributed by atoms with Crippen LogP contribution in [0.25, 0.3) is 0 Å². The number of aryl methyl sites for hydroxylation is 2. The molecule has 4 N–H and O–H groups in total. The number of likely N-dealkylation sites (tertiary alicyclic amines) is 2. The summed E-state index contributed by atoms with van der Waals surface area (Å²) < 4.78 is 0. The van der Waals surface area contributed by atoms with Gasteiger partial charge in [0.1, 0.15) is 11.6 Å². The van der Waals surface area contributed by atoms with Crippen molar-refractivity contribution in [2.75, 3.05) is 39.3 Å². The third kappa shape index (κ3) is 13.1. The maximum absolute atomic E-state index is 13.2. The summed E-state index contributed by atoms with van der Waals surface area (Å²) in [6.45, 7) is 6.58. The Kier molecular flexibility index (Phi) is 17.9. The summed E-state index contributed by atoms with van der Waals surface area (Å²) in [7, 11) is 0. The molecular formula is C62H72N6O5. The van der Waals surface area contributed by atoms with Gasteiger partial charge in [-0.2, -0.15) is 0 Å². The zero-order valence-electron chi connectivity index (χ0n) is 42.6. The van der Waals surface area contributed by atoms with Gasteiger partial charge in [0.15, 0.2) is 0 Å². The largest absolute Gasteiger partial charge is 0.480 e. The van der Waals surface area contributed by atoms with Crippen LogP contribution in [0.2, 0.25) is 0 Å². The van der Waals surface area contributed by atoms with E-state index in [1.165, 1.54) is 33.4 Å². The fourth-order valence-electron chi connectivity index (χ4n) is 12.0. The molecule has 2 aliphatic heterocycles. The molecular weight excluding hydrogens is 909 g/mol. The van der Waals surface area contributed by atoms with Crippen molar-refractivity contribution in [1.82, 2.24) is 25.1 Å². The number of carbonyl (C=O) groups excluding carboxylic acids is 3. The lowest BCUT2D eigenvalue weighted by molar-refractivity contribution is -0.139. The van der Waals surface area contributed by atoms with E-state index in [1.807, 2.05) is 84.2 Å². The Labute approximate surface area is 431 Å². The van der Waals surface area contributed by atoms with Gasteiger partial charge in [-0.15, -0.1) is 0 Å². The van der Waals surface area contributed by atoms with Crippen molar-refractivity contribution in [3.05, 3.63) is 203 Å². The first-order valence-electron chi connectivity index (χ1n) is 26.2. The lowest BCUT2D eigenvalue weighted by atomic mass is 9.70. The summed E-state index contributed by atoms with van der Waals surface area (Å²) in [6, 6.07) is 45.9. The van der Waals surface area contributed by atoms with Crippen LogP contribution in [-0.4, -0.2) is 99.7 Å². The second-order valence-corrected chi connectivity index (χ2v) is 20.6. The van der Waals surface area contributed by atoms with Crippen molar-refractivity contribution in [3.63, 3.8) is 0 Å². The number of carboxylic acids is 1. The minimum Gasteiger partial charge on any atom is -0.480 e. The number of ketones is 2. The van der Waals surface area contributed by atoms with Gasteiger partial charge in [0.25, 0.3) is 0 Å². The number of rotatable bonds is 13. The van der Waals surface area contributed by atoms with Gasteiger partial charge >= 0.3 is 5.97 Å². The van der Waals surface area contributed by atoms with Crippen LogP contribution in [0.15, 0.2) is 158 Å². The molecule has 0 spiro atoms. The Morgan fingerprint density at radius 2 is 1.01 bits per heavy atom. The smallest absolute Gasteiger partial charge is 0.317 e. The second kappa shape index (κ2) is 24.8. The van der Waals surface area contributed by atoms with Gasteiger partial charge in [0.2, 0.25) is 5.91 Å². The van der Waals surface area contributed by atoms with Crippen molar-refractivity contribution in [1.29, 1.82) is 0 Å². The highest BCUT2D eigenvalue weighted by Crippen LogP contribution is 2.39. The van der Waals surface area contributed by atoms with Crippen molar-refractivity contribution in [2.45, 2.75) is 113 Å². The number of pyridine rings is 2. The van der Waals surface area contributed by atoms with Crippen LogP contribution >= 0.6 is 0 Å². The lowest BCUT2D eigenvalue weighted by Crippen LogP contribution is -2.51. The van der Waals surface area contributed by atoms with Gasteiger partial charge in [0.05, 0.1) is 23.9 Å². The molecule has 2 saturated heterocycles. The van der Waals surface area contributed by atoms with E-state index >= 15 is 0 Å². The predicted molar refractivity (Wildman–Crippen MR) is 287 cm³/mol. The molecule has 11 heteroatoms. The zero-order valence-corrected chi connectivity index (χ0v) is 42.6. The number of aliphatic carboxylic acids is 1. The summed E-state index contributed by atoms with van der Waals surface area (Å²) >= 11 is 0. The molecule has 4 unspecified atom stereocenters. The maximum atomic E-state index is 13.2. The van der Waals surface area contributed by atoms with Crippen LogP contribution in [0, 0.1) is 0 Å². The molecule has 10 rings (SSSR count). The fourth-order valence-corrected chi connectivity index (χ4v) is 12.0. The zero-order chi connectivity index (χ0) is 51.2. The molecule has 1 amide bonds. The predicted octanol–water partition coefficient (Wildman–Crippen LogP) is 8.84. The van der Waals surface area contributed by atoms with E-state index in [4.69, 9.17) is 10.8 Å². The Morgan fingerprint density at radius 1 is 0.575 bits per heavy atom. The number of carboxylic acid groups (broad SMARTS) is 1. The fraction of sp³-hybridized carbons (Fsp3) is 0.387. The average molecular weight is 981 g/mol. The number of fused-ring (bicyclic) bond motifs is 2. The first-order chi connectivity index (χ1) is 35.4. The van der Waals surface area contributed by atoms with Crippen LogP contribution < -0.4 is 11.1 Å². The quantitative estimate of drug-likeness (QED) is 0.102. The topological polar surface area (TPSA) is 159 Å². The van der Waals surface area contributed by atoms with Crippen LogP contribution in [-0.2, 0) is 55.7 Å². The number of hydrogen-bond acceptors (Lipinski definition) is 9. The molecule has 4 atom stereocenters. The molecule has 4 heterocycles. The highest BCUT2D eigenvalue weighted by atomic mass is 16.4. The monoisotopic (exact) mass is 981 g/mol. The number of carbonyl (C=O) groups is 4. The first-order valence-corrected chi connectivity index (χ1v) is 26.2. The van der Waals surface area contributed by atoms with E-state index in [-0.39, 0.29) is 42.0 Å². The number of nitrogens with one attached hydrogen (secondary N) is 1. The molecule has 0 bridgehead atoms. The Balaban J connectivity index is 0.000000161. The molecule has 2 aromatic heterocycles. The summed E-state index contributed by atoms with van der Waals surface area (Å²) in [5.74, 6) is 0.318. The number of nitrogens with two attached hydrogens (primary N) is 1. The summed E-state index contributed by atoms with van der Waals surface area (Å²) in [5, 5.41) is 12.2. The molecule has 0 saturated carbocycles. The molecule has 0 radical (unpaired) electrons. The summed E-state index contributed by atoms with van der Waals surface area (Å²) in [6.07, 6.45) is 16.3. The first kappa shape index (κ1) is 52.7. The number of nitrogens with zero attached hydrogens (tertiary/aromatic N) is 4. The molecule has 11 nitrogen and oxygen atoms in total. The third-order valence-corrected chi connectivity index (χ3v) is 16.2. The number of aromatic nitrogens is 2. The normalized spacial score (nSPS) is 21.0. The highest BCUT2D eigenvalue weighted by Gasteiger charge is 2.42. The van der Waals surface area contributed by atoms with E-state index in [0.29, 0.717) is 38.4 Å². The number of hydrogen-bond donors (Lipinski definition) is 3. The molecule has 4 aromatic carbocycles. The average Bonchev–Trinajstić information content (AvgIpc) is 3.42. The van der Waals surface area contributed by atoms with Gasteiger partial charge in [-0.05, 0) is 148 Å². The maximum Gasteiger partial charge on any atom is 0.317 e. The Bertz CT molecular complexity index is 2740. The minimum absolute atomic E-state index is 0.0583. The molecule has 73 heavy (non-hydrogen) atoms. The Morgan fingerprint density at radius 3 is 1.48 bits per heavy atom. The number of Topliss-reactive ketones (excluding diaryl/α,β-unsaturated/α-hetero) is 2. The van der Waals surface area contributed by atoms with E-state index < -0.39 is 16.8 Å². The van der Waals surface area contributed by atoms with Crippen LogP contribution in [0.1, 0.15) is 109 Å². The molecule has 2 aliphatic carbocycles. The Hall–Kier alpha value is -6.66. The van der Waals surface area contributed by atoms with Crippen LogP contribution in [0.3, 0.4) is 0 Å². The van der Waals surface area contributed by atoms with E-state index in [9.17, 15) is 19.2 Å². The number of benzene rings is 4. The van der Waals surface area contributed by atoms with Crippen molar-refractivity contribution in [3.8, 4) is 0 Å². The van der Waals surface area contributed by atoms with E-state index in [2.05, 4.69) is 93.0 Å². The lowest BCUT2D eigenvalue weighted by Gasteiger charge is -2.41. The highest BCUT2D eigenvalue weighted by molar-refractivity contribution is 5.89. The molecule has 4 aliphatic rings. The van der Waals surface area contributed by atoms with Crippen LogP contribution in [0.5, 0.6) is 0 Å². The minimum atomic E-state index is -0.810. The van der Waals surface area contributed by atoms with Crippen molar-refractivity contribution >= 4 is 23.4 Å². The summed E-state index contributed by atoms with van der Waals surface area (Å²) in [5.41, 5.74) is 15.7. The SMILES string of the molecule is CC(=O)C1(c2ccccc2)CCN(CC(=O)NC2CCc3ccccc3C2Cc2cccnc2)CC1.CC(=O)C1(c2ccccc2)CCN(CC(=O)O)CC1.NC1CCc2ccccc2C1Cc1cccnc1. The molecule has 6 aromatic rings. The molecule has 2 fully saturated rings. The third-order valence-electron chi connectivity index (χ3n) is 16.2. The van der Waals surface area contributed by atoms with Gasteiger partial charge < -0.3 is 16.2 Å². The van der Waals surface area contributed by atoms with Crippen molar-refractivity contribution in [2.24, 2.45) is 5.73 Å². The van der Waals surface area contributed by atoms with Gasteiger partial charge in [-0.25, -0.2) is 0 Å². The van der Waals surface area contributed by atoms with Gasteiger partial charge in [-0.1, -0.05) is 121 Å².